The molecule has 1 aromatic rings. The number of carbonyl (C=O) groups is 1. The average molecular weight is 249 g/mol. The molecule has 17 heavy (non-hydrogen) atoms. The fourth-order valence-electron chi connectivity index (χ4n) is 2.69. The standard InChI is InChI=1S/C13H15NO2S/c15-9-3-4-10-11(7-9)17-8-13(12(16)14-10)5-1-2-6-13/h3-4,7,15H,1-2,5-6,8H2,(H,14,16). The fraction of sp³-hybridized carbons (Fsp3) is 0.462. The molecule has 90 valence electrons. The molecule has 4 heteroatoms. The quantitative estimate of drug-likeness (QED) is 0.695. The third-order valence-corrected chi connectivity index (χ3v) is 5.11. The van der Waals surface area contributed by atoms with Crippen molar-refractivity contribution in [2.45, 2.75) is 30.6 Å². The molecule has 1 fully saturated rings. The minimum absolute atomic E-state index is 0.159. The highest BCUT2D eigenvalue weighted by Crippen LogP contribution is 2.47. The largest absolute Gasteiger partial charge is 0.508 e. The molecule has 2 aliphatic rings. The number of phenols is 1. The molecule has 2 N–H and O–H groups in total. The van der Waals surface area contributed by atoms with Crippen LogP contribution >= 0.6 is 11.8 Å². The predicted molar refractivity (Wildman–Crippen MR) is 68.4 cm³/mol. The molecule has 0 aromatic heterocycles. The van der Waals surface area contributed by atoms with E-state index in [-0.39, 0.29) is 17.1 Å². The second kappa shape index (κ2) is 3.95. The van der Waals surface area contributed by atoms with Gasteiger partial charge in [0.2, 0.25) is 5.91 Å². The number of carbonyl (C=O) groups excluding carboxylic acids is 1. The van der Waals surface area contributed by atoms with Crippen LogP contribution in [0.1, 0.15) is 25.7 Å². The maximum absolute atomic E-state index is 12.3. The fourth-order valence-corrected chi connectivity index (χ4v) is 4.02. The van der Waals surface area contributed by atoms with Crippen molar-refractivity contribution in [3.05, 3.63) is 18.2 Å². The van der Waals surface area contributed by atoms with Crippen molar-refractivity contribution in [3.63, 3.8) is 0 Å². The van der Waals surface area contributed by atoms with E-state index in [2.05, 4.69) is 5.32 Å². The SMILES string of the molecule is O=C1Nc2ccc(O)cc2SCC12CCCC2. The summed E-state index contributed by atoms with van der Waals surface area (Å²) >= 11 is 1.68. The first-order valence-corrected chi connectivity index (χ1v) is 6.95. The molecule has 3 rings (SSSR count). The first-order chi connectivity index (χ1) is 8.20. The van der Waals surface area contributed by atoms with Gasteiger partial charge in [0, 0.05) is 10.6 Å². The van der Waals surface area contributed by atoms with Gasteiger partial charge in [-0.3, -0.25) is 4.79 Å². The summed E-state index contributed by atoms with van der Waals surface area (Å²) in [6.07, 6.45) is 4.28. The van der Waals surface area contributed by atoms with Crippen molar-refractivity contribution in [2.75, 3.05) is 11.1 Å². The Balaban J connectivity index is 1.96. The summed E-state index contributed by atoms with van der Waals surface area (Å²) in [6, 6.07) is 5.13. The molecule has 0 atom stereocenters. The molecule has 1 heterocycles. The van der Waals surface area contributed by atoms with E-state index < -0.39 is 0 Å². The summed E-state index contributed by atoms with van der Waals surface area (Å²) in [6.45, 7) is 0. The Bertz CT molecular complexity index is 466. The third-order valence-electron chi connectivity index (χ3n) is 3.76. The third kappa shape index (κ3) is 1.80. The first kappa shape index (κ1) is 11.0. The van der Waals surface area contributed by atoms with Gasteiger partial charge in [0.15, 0.2) is 0 Å². The van der Waals surface area contributed by atoms with Gasteiger partial charge in [0.1, 0.15) is 5.75 Å². The zero-order valence-corrected chi connectivity index (χ0v) is 10.3. The van der Waals surface area contributed by atoms with Crippen molar-refractivity contribution in [3.8, 4) is 5.75 Å². The number of hydrogen-bond donors (Lipinski definition) is 2. The second-order valence-corrected chi connectivity index (χ2v) is 5.93. The summed E-state index contributed by atoms with van der Waals surface area (Å²) < 4.78 is 0. The Labute approximate surface area is 105 Å². The van der Waals surface area contributed by atoms with Crippen molar-refractivity contribution < 1.29 is 9.90 Å². The molecular formula is C13H15NO2S. The maximum Gasteiger partial charge on any atom is 0.231 e. The summed E-state index contributed by atoms with van der Waals surface area (Å²) in [5, 5.41) is 12.5. The van der Waals surface area contributed by atoms with E-state index >= 15 is 0 Å². The summed E-state index contributed by atoms with van der Waals surface area (Å²) in [4.78, 5) is 13.3. The van der Waals surface area contributed by atoms with Crippen molar-refractivity contribution >= 4 is 23.4 Å². The smallest absolute Gasteiger partial charge is 0.231 e. The van der Waals surface area contributed by atoms with Crippen LogP contribution in [-0.4, -0.2) is 16.8 Å². The summed E-state index contributed by atoms with van der Waals surface area (Å²) in [7, 11) is 0. The maximum atomic E-state index is 12.3. The number of amides is 1. The number of anilines is 1. The molecule has 0 saturated heterocycles. The minimum Gasteiger partial charge on any atom is -0.508 e. The molecule has 1 aliphatic carbocycles. The van der Waals surface area contributed by atoms with Gasteiger partial charge in [-0.05, 0) is 31.0 Å². The molecule has 1 saturated carbocycles. The number of aromatic hydroxyl groups is 1. The van der Waals surface area contributed by atoms with Crippen LogP contribution in [0.4, 0.5) is 5.69 Å². The second-order valence-electron chi connectivity index (χ2n) is 4.91. The lowest BCUT2D eigenvalue weighted by Crippen LogP contribution is -2.34. The van der Waals surface area contributed by atoms with Gasteiger partial charge < -0.3 is 10.4 Å². The van der Waals surface area contributed by atoms with E-state index in [4.69, 9.17) is 0 Å². The Morgan fingerprint density at radius 2 is 2.06 bits per heavy atom. The number of phenolic OH excluding ortho intramolecular Hbond substituents is 1. The van der Waals surface area contributed by atoms with Crippen LogP contribution in [0.2, 0.25) is 0 Å². The molecule has 1 amide bonds. The van der Waals surface area contributed by atoms with Gasteiger partial charge in [0.05, 0.1) is 11.1 Å². The van der Waals surface area contributed by atoms with Gasteiger partial charge in [-0.25, -0.2) is 0 Å². The Kier molecular flexibility index (Phi) is 2.54. The van der Waals surface area contributed by atoms with Crippen molar-refractivity contribution in [2.24, 2.45) is 5.41 Å². The molecule has 1 spiro atoms. The van der Waals surface area contributed by atoms with Crippen LogP contribution in [0.15, 0.2) is 23.1 Å². The monoisotopic (exact) mass is 249 g/mol. The highest BCUT2D eigenvalue weighted by atomic mass is 32.2. The zero-order valence-electron chi connectivity index (χ0n) is 9.53. The number of nitrogens with one attached hydrogen (secondary N) is 1. The van der Waals surface area contributed by atoms with Gasteiger partial charge in [-0.2, -0.15) is 0 Å². The number of rotatable bonds is 0. The molecule has 0 bridgehead atoms. The van der Waals surface area contributed by atoms with Crippen LogP contribution in [0.3, 0.4) is 0 Å². The van der Waals surface area contributed by atoms with Crippen molar-refractivity contribution in [1.29, 1.82) is 0 Å². The van der Waals surface area contributed by atoms with E-state index in [1.807, 2.05) is 0 Å². The number of hydrogen-bond acceptors (Lipinski definition) is 3. The molecule has 1 aliphatic heterocycles. The van der Waals surface area contributed by atoms with Crippen LogP contribution in [0.5, 0.6) is 5.75 Å². The number of benzene rings is 1. The van der Waals surface area contributed by atoms with Crippen LogP contribution in [0.25, 0.3) is 0 Å². The van der Waals surface area contributed by atoms with Gasteiger partial charge in [0.25, 0.3) is 0 Å². The van der Waals surface area contributed by atoms with E-state index in [0.717, 1.165) is 42.0 Å². The Morgan fingerprint density at radius 3 is 2.82 bits per heavy atom. The van der Waals surface area contributed by atoms with E-state index in [0.29, 0.717) is 0 Å². The number of thioether (sulfide) groups is 1. The van der Waals surface area contributed by atoms with Crippen LogP contribution in [-0.2, 0) is 4.79 Å². The lowest BCUT2D eigenvalue weighted by molar-refractivity contribution is -0.124. The summed E-state index contributed by atoms with van der Waals surface area (Å²) in [5.74, 6) is 1.25. The molecule has 3 nitrogen and oxygen atoms in total. The topological polar surface area (TPSA) is 49.3 Å². The highest BCUT2D eigenvalue weighted by molar-refractivity contribution is 7.99. The van der Waals surface area contributed by atoms with Crippen LogP contribution < -0.4 is 5.32 Å². The highest BCUT2D eigenvalue weighted by Gasteiger charge is 2.42. The molecular weight excluding hydrogens is 234 g/mol. The minimum atomic E-state index is -0.181. The Hall–Kier alpha value is -1.16. The van der Waals surface area contributed by atoms with Crippen molar-refractivity contribution in [1.82, 2.24) is 0 Å². The zero-order chi connectivity index (χ0) is 11.9. The molecule has 1 aromatic carbocycles. The normalized spacial score (nSPS) is 22.0. The van der Waals surface area contributed by atoms with Gasteiger partial charge in [-0.1, -0.05) is 12.8 Å². The van der Waals surface area contributed by atoms with E-state index in [1.54, 1.807) is 30.0 Å². The predicted octanol–water partition coefficient (Wildman–Crippen LogP) is 3.00. The van der Waals surface area contributed by atoms with Gasteiger partial charge >= 0.3 is 0 Å². The number of fused-ring (bicyclic) bond motifs is 1. The average Bonchev–Trinajstić information content (AvgIpc) is 2.74. The van der Waals surface area contributed by atoms with Gasteiger partial charge in [-0.15, -0.1) is 11.8 Å². The summed E-state index contributed by atoms with van der Waals surface area (Å²) in [5.41, 5.74) is 0.654. The van der Waals surface area contributed by atoms with E-state index in [1.165, 1.54) is 0 Å². The van der Waals surface area contributed by atoms with Crippen LogP contribution in [0, 0.1) is 5.41 Å². The lowest BCUT2D eigenvalue weighted by Gasteiger charge is -2.24. The van der Waals surface area contributed by atoms with E-state index in [9.17, 15) is 9.90 Å². The first-order valence-electron chi connectivity index (χ1n) is 5.97. The molecule has 0 radical (unpaired) electrons. The Morgan fingerprint density at radius 1 is 1.29 bits per heavy atom. The molecule has 0 unspecified atom stereocenters. The lowest BCUT2D eigenvalue weighted by atomic mass is 9.87.